The minimum Gasteiger partial charge on any atom is -0.410 e. The number of hydrogen-bond acceptors (Lipinski definition) is 3. The third-order valence-corrected chi connectivity index (χ3v) is 3.17. The van der Waals surface area contributed by atoms with Crippen molar-refractivity contribution in [2.75, 3.05) is 18.4 Å². The lowest BCUT2D eigenvalue weighted by Gasteiger charge is -2.18. The molecule has 2 N–H and O–H groups in total. The smallest absolute Gasteiger partial charge is 0.410 e. The van der Waals surface area contributed by atoms with Crippen LogP contribution >= 0.6 is 0 Å². The Hall–Kier alpha value is -2.76. The van der Waals surface area contributed by atoms with Gasteiger partial charge in [0.2, 0.25) is 0 Å². The van der Waals surface area contributed by atoms with E-state index in [1.165, 1.54) is 4.90 Å². The Morgan fingerprint density at radius 1 is 1.26 bits per heavy atom. The predicted octanol–water partition coefficient (Wildman–Crippen LogP) is 3.14. The van der Waals surface area contributed by atoms with E-state index >= 15 is 0 Å². The van der Waals surface area contributed by atoms with E-state index in [9.17, 15) is 9.59 Å². The fraction of sp³-hybridized carbons (Fsp3) is 0.294. The monoisotopic (exact) mass is 315 g/mol. The second kappa shape index (κ2) is 8.03. The van der Waals surface area contributed by atoms with Gasteiger partial charge in [0.1, 0.15) is 5.75 Å². The van der Waals surface area contributed by atoms with E-state index in [1.54, 1.807) is 36.4 Å². The van der Waals surface area contributed by atoms with Gasteiger partial charge in [-0.2, -0.15) is 0 Å². The van der Waals surface area contributed by atoms with Crippen LogP contribution in [-0.4, -0.2) is 36.2 Å². The average molecular weight is 315 g/mol. The third-order valence-electron chi connectivity index (χ3n) is 3.17. The molecular formula is C17H21N3O3. The van der Waals surface area contributed by atoms with Gasteiger partial charge in [-0.25, -0.2) is 9.59 Å². The fourth-order valence-electron chi connectivity index (χ4n) is 1.92. The first-order chi connectivity index (χ1) is 11.1. The number of anilines is 1. The lowest BCUT2D eigenvalue weighted by atomic mass is 10.3. The van der Waals surface area contributed by atoms with Gasteiger partial charge in [-0.15, -0.1) is 13.2 Å². The molecule has 122 valence electrons. The second-order valence-corrected chi connectivity index (χ2v) is 5.25. The molecule has 0 spiro atoms. The molecule has 0 aliphatic heterocycles. The Kier molecular flexibility index (Phi) is 5.80. The molecule has 1 aromatic carbocycles. The first kappa shape index (κ1) is 16.6. The van der Waals surface area contributed by atoms with E-state index in [0.29, 0.717) is 24.5 Å². The fourth-order valence-corrected chi connectivity index (χ4v) is 1.92. The molecule has 0 aromatic heterocycles. The molecule has 6 nitrogen and oxygen atoms in total. The van der Waals surface area contributed by atoms with Gasteiger partial charge in [-0.3, -0.25) is 0 Å². The van der Waals surface area contributed by atoms with Crippen molar-refractivity contribution in [3.8, 4) is 5.75 Å². The molecule has 1 aliphatic carbocycles. The topological polar surface area (TPSA) is 70.7 Å². The Bertz CT molecular complexity index is 587. The number of amides is 3. The maximum Gasteiger partial charge on any atom is 0.415 e. The van der Waals surface area contributed by atoms with E-state index in [0.717, 1.165) is 12.8 Å². The highest BCUT2D eigenvalue weighted by molar-refractivity contribution is 5.90. The molecule has 0 atom stereocenters. The molecule has 0 heterocycles. The highest BCUT2D eigenvalue weighted by Crippen LogP contribution is 2.20. The van der Waals surface area contributed by atoms with Gasteiger partial charge >= 0.3 is 12.1 Å². The first-order valence-electron chi connectivity index (χ1n) is 7.48. The summed E-state index contributed by atoms with van der Waals surface area (Å²) in [4.78, 5) is 25.3. The van der Waals surface area contributed by atoms with Crippen LogP contribution in [0.25, 0.3) is 0 Å². The summed E-state index contributed by atoms with van der Waals surface area (Å²) >= 11 is 0. The molecule has 6 heteroatoms. The summed E-state index contributed by atoms with van der Waals surface area (Å²) in [6.45, 7) is 7.95. The average Bonchev–Trinajstić information content (AvgIpc) is 3.31. The van der Waals surface area contributed by atoms with E-state index in [1.807, 2.05) is 0 Å². The van der Waals surface area contributed by atoms with Crippen molar-refractivity contribution in [2.45, 2.75) is 18.9 Å². The van der Waals surface area contributed by atoms with Crippen molar-refractivity contribution in [2.24, 2.45) is 0 Å². The van der Waals surface area contributed by atoms with Crippen LogP contribution in [0.5, 0.6) is 5.75 Å². The SMILES string of the molecule is C=CCN(CC=C)C(=O)Oc1cccc(NC(=O)NC2CC2)c1. The van der Waals surface area contributed by atoms with Gasteiger partial charge in [-0.1, -0.05) is 18.2 Å². The minimum atomic E-state index is -0.496. The minimum absolute atomic E-state index is 0.254. The van der Waals surface area contributed by atoms with E-state index in [-0.39, 0.29) is 12.1 Å². The highest BCUT2D eigenvalue weighted by atomic mass is 16.6. The third kappa shape index (κ3) is 5.50. The van der Waals surface area contributed by atoms with E-state index in [2.05, 4.69) is 23.8 Å². The maximum atomic E-state index is 12.1. The van der Waals surface area contributed by atoms with Crippen LogP contribution in [0.15, 0.2) is 49.6 Å². The molecule has 3 amide bonds. The zero-order valence-electron chi connectivity index (χ0n) is 13.0. The Labute approximate surface area is 135 Å². The lowest BCUT2D eigenvalue weighted by molar-refractivity contribution is 0.162. The highest BCUT2D eigenvalue weighted by Gasteiger charge is 2.23. The number of rotatable bonds is 7. The molecule has 0 bridgehead atoms. The molecule has 0 unspecified atom stereocenters. The normalized spacial score (nSPS) is 12.9. The molecule has 1 saturated carbocycles. The zero-order chi connectivity index (χ0) is 16.7. The van der Waals surface area contributed by atoms with Crippen LogP contribution in [0.2, 0.25) is 0 Å². The lowest BCUT2D eigenvalue weighted by Crippen LogP contribution is -2.33. The van der Waals surface area contributed by atoms with Gasteiger partial charge in [0, 0.05) is 30.9 Å². The van der Waals surface area contributed by atoms with Gasteiger partial charge in [-0.05, 0) is 25.0 Å². The number of hydrogen-bond donors (Lipinski definition) is 2. The Balaban J connectivity index is 1.94. The quantitative estimate of drug-likeness (QED) is 0.759. The number of nitrogens with zero attached hydrogens (tertiary/aromatic N) is 1. The van der Waals surface area contributed by atoms with Crippen LogP contribution in [0.4, 0.5) is 15.3 Å². The summed E-state index contributed by atoms with van der Waals surface area (Å²) in [5, 5.41) is 5.55. The number of urea groups is 1. The first-order valence-corrected chi connectivity index (χ1v) is 7.48. The van der Waals surface area contributed by atoms with Crippen LogP contribution in [0, 0.1) is 0 Å². The van der Waals surface area contributed by atoms with Crippen molar-refractivity contribution >= 4 is 17.8 Å². The van der Waals surface area contributed by atoms with Crippen molar-refractivity contribution in [3.63, 3.8) is 0 Å². The van der Waals surface area contributed by atoms with Crippen LogP contribution in [-0.2, 0) is 0 Å². The summed E-state index contributed by atoms with van der Waals surface area (Å²) in [6.07, 6.45) is 4.78. The molecule has 0 saturated heterocycles. The Morgan fingerprint density at radius 2 is 1.96 bits per heavy atom. The standard InChI is InChI=1S/C17H21N3O3/c1-3-10-20(11-4-2)17(22)23-15-7-5-6-14(12-15)19-16(21)18-13-8-9-13/h3-7,12-13H,1-2,8-11H2,(H2,18,19,21). The number of ether oxygens (including phenoxy) is 1. The maximum absolute atomic E-state index is 12.1. The van der Waals surface area contributed by atoms with Crippen LogP contribution < -0.4 is 15.4 Å². The van der Waals surface area contributed by atoms with Crippen LogP contribution in [0.3, 0.4) is 0 Å². The number of carbonyl (C=O) groups is 2. The van der Waals surface area contributed by atoms with E-state index < -0.39 is 6.09 Å². The molecule has 1 fully saturated rings. The number of carbonyl (C=O) groups excluding carboxylic acids is 2. The van der Waals surface area contributed by atoms with Gasteiger partial charge in [0.05, 0.1) is 0 Å². The van der Waals surface area contributed by atoms with Gasteiger partial charge in [0.15, 0.2) is 0 Å². The predicted molar refractivity (Wildman–Crippen MR) is 89.6 cm³/mol. The second-order valence-electron chi connectivity index (χ2n) is 5.25. The molecular weight excluding hydrogens is 294 g/mol. The summed E-state index contributed by atoms with van der Waals surface area (Å²) in [5.74, 6) is 0.359. The van der Waals surface area contributed by atoms with Crippen molar-refractivity contribution in [1.82, 2.24) is 10.2 Å². The van der Waals surface area contributed by atoms with Crippen LogP contribution in [0.1, 0.15) is 12.8 Å². The summed E-state index contributed by atoms with van der Waals surface area (Å²) in [5.41, 5.74) is 0.562. The largest absolute Gasteiger partial charge is 0.415 e. The van der Waals surface area contributed by atoms with Crippen molar-refractivity contribution < 1.29 is 14.3 Å². The van der Waals surface area contributed by atoms with Crippen molar-refractivity contribution in [1.29, 1.82) is 0 Å². The molecule has 1 aromatic rings. The molecule has 1 aliphatic rings. The Morgan fingerprint density at radius 3 is 2.57 bits per heavy atom. The summed E-state index contributed by atoms with van der Waals surface area (Å²) in [7, 11) is 0. The molecule has 23 heavy (non-hydrogen) atoms. The van der Waals surface area contributed by atoms with Gasteiger partial charge in [0.25, 0.3) is 0 Å². The van der Waals surface area contributed by atoms with Crippen molar-refractivity contribution in [3.05, 3.63) is 49.6 Å². The number of benzene rings is 1. The summed E-state index contributed by atoms with van der Waals surface area (Å²) < 4.78 is 5.32. The molecule has 0 radical (unpaired) electrons. The zero-order valence-corrected chi connectivity index (χ0v) is 13.0. The van der Waals surface area contributed by atoms with E-state index in [4.69, 9.17) is 4.74 Å². The molecule has 2 rings (SSSR count). The summed E-state index contributed by atoms with van der Waals surface area (Å²) in [6, 6.07) is 6.72. The van der Waals surface area contributed by atoms with Gasteiger partial charge < -0.3 is 20.3 Å². The number of nitrogens with one attached hydrogen (secondary N) is 2.